The zero-order chi connectivity index (χ0) is 20.2. The monoisotopic (exact) mass is 408 g/mol. The lowest BCUT2D eigenvalue weighted by atomic mass is 10.1. The molecule has 0 saturated heterocycles. The molecule has 2 aromatic rings. The van der Waals surface area contributed by atoms with Crippen LogP contribution in [-0.2, 0) is 21.2 Å². The van der Waals surface area contributed by atoms with Gasteiger partial charge in [-0.1, -0.05) is 29.8 Å². The number of anilines is 1. The molecule has 0 aliphatic rings. The normalized spacial score (nSPS) is 12.5. The van der Waals surface area contributed by atoms with E-state index >= 15 is 0 Å². The maximum atomic E-state index is 12.6. The molecule has 1 N–H and O–H groups in total. The van der Waals surface area contributed by atoms with E-state index < -0.39 is 16.1 Å². The summed E-state index contributed by atoms with van der Waals surface area (Å²) in [5, 5.41) is 3.48. The first kappa shape index (κ1) is 21.3. The molecule has 1 unspecified atom stereocenters. The standard InChI is InChI=1S/C20H25ClN2O3S/c1-14-5-10-19(13-15(14)2)23(27(4,25)26)16(3)20(24)22-12-11-17-6-8-18(21)9-7-17/h5-10,13,16H,11-12H2,1-4H3,(H,22,24). The second kappa shape index (κ2) is 8.76. The Morgan fingerprint density at radius 2 is 1.74 bits per heavy atom. The van der Waals surface area contributed by atoms with Crippen molar-refractivity contribution in [2.75, 3.05) is 17.1 Å². The van der Waals surface area contributed by atoms with Crippen LogP contribution in [0.25, 0.3) is 0 Å². The third-order valence-corrected chi connectivity index (χ3v) is 5.95. The van der Waals surface area contributed by atoms with Crippen molar-refractivity contribution < 1.29 is 13.2 Å². The number of nitrogens with zero attached hydrogens (tertiary/aromatic N) is 1. The summed E-state index contributed by atoms with van der Waals surface area (Å²) in [6.07, 6.45) is 1.75. The number of benzene rings is 2. The largest absolute Gasteiger partial charge is 0.354 e. The van der Waals surface area contributed by atoms with Gasteiger partial charge >= 0.3 is 0 Å². The molecule has 0 fully saturated rings. The van der Waals surface area contributed by atoms with Gasteiger partial charge in [0.25, 0.3) is 0 Å². The Hall–Kier alpha value is -2.05. The van der Waals surface area contributed by atoms with E-state index in [0.717, 1.165) is 27.3 Å². The van der Waals surface area contributed by atoms with E-state index in [1.165, 1.54) is 0 Å². The van der Waals surface area contributed by atoms with Crippen LogP contribution in [0.5, 0.6) is 0 Å². The number of hydrogen-bond acceptors (Lipinski definition) is 3. The Kier molecular flexibility index (Phi) is 6.89. The van der Waals surface area contributed by atoms with Gasteiger partial charge in [0.2, 0.25) is 15.9 Å². The van der Waals surface area contributed by atoms with Crippen molar-refractivity contribution in [3.63, 3.8) is 0 Å². The predicted octanol–water partition coefficient (Wildman–Crippen LogP) is 3.47. The molecule has 2 aromatic carbocycles. The van der Waals surface area contributed by atoms with Crippen LogP contribution in [0.3, 0.4) is 0 Å². The number of carbonyl (C=O) groups excluding carboxylic acids is 1. The van der Waals surface area contributed by atoms with E-state index in [4.69, 9.17) is 11.6 Å². The summed E-state index contributed by atoms with van der Waals surface area (Å²) in [6.45, 7) is 5.87. The van der Waals surface area contributed by atoms with E-state index in [1.807, 2.05) is 32.0 Å². The molecule has 27 heavy (non-hydrogen) atoms. The number of sulfonamides is 1. The van der Waals surface area contributed by atoms with Crippen LogP contribution in [0.1, 0.15) is 23.6 Å². The molecule has 0 aromatic heterocycles. The molecule has 1 amide bonds. The van der Waals surface area contributed by atoms with Crippen LogP contribution in [0.2, 0.25) is 5.02 Å². The third-order valence-electron chi connectivity index (χ3n) is 4.46. The molecule has 2 rings (SSSR count). The van der Waals surface area contributed by atoms with Gasteiger partial charge in [-0.15, -0.1) is 0 Å². The fraction of sp³-hybridized carbons (Fsp3) is 0.350. The maximum Gasteiger partial charge on any atom is 0.243 e. The molecule has 0 aliphatic carbocycles. The van der Waals surface area contributed by atoms with Crippen LogP contribution in [0.4, 0.5) is 5.69 Å². The minimum Gasteiger partial charge on any atom is -0.354 e. The van der Waals surface area contributed by atoms with E-state index in [-0.39, 0.29) is 5.91 Å². The van der Waals surface area contributed by atoms with Gasteiger partial charge < -0.3 is 5.32 Å². The lowest BCUT2D eigenvalue weighted by Crippen LogP contribution is -2.48. The zero-order valence-corrected chi connectivity index (χ0v) is 17.6. The Morgan fingerprint density at radius 3 is 2.30 bits per heavy atom. The SMILES string of the molecule is Cc1ccc(N(C(C)C(=O)NCCc2ccc(Cl)cc2)S(C)(=O)=O)cc1C. The van der Waals surface area contributed by atoms with Gasteiger partial charge in [0.1, 0.15) is 6.04 Å². The molecular formula is C20H25ClN2O3S. The highest BCUT2D eigenvalue weighted by molar-refractivity contribution is 7.92. The topological polar surface area (TPSA) is 66.5 Å². The van der Waals surface area contributed by atoms with Gasteiger partial charge in [0.05, 0.1) is 11.9 Å². The van der Waals surface area contributed by atoms with Gasteiger partial charge in [-0.3, -0.25) is 9.10 Å². The van der Waals surface area contributed by atoms with Crippen LogP contribution < -0.4 is 9.62 Å². The first-order valence-electron chi connectivity index (χ1n) is 8.68. The number of nitrogens with one attached hydrogen (secondary N) is 1. The number of carbonyl (C=O) groups is 1. The summed E-state index contributed by atoms with van der Waals surface area (Å²) < 4.78 is 25.8. The van der Waals surface area contributed by atoms with Gasteiger partial charge in [-0.05, 0) is 68.1 Å². The van der Waals surface area contributed by atoms with Crippen LogP contribution in [0.15, 0.2) is 42.5 Å². The molecule has 0 heterocycles. The minimum atomic E-state index is -3.62. The quantitative estimate of drug-likeness (QED) is 0.762. The average molecular weight is 409 g/mol. The molecule has 7 heteroatoms. The van der Waals surface area contributed by atoms with Crippen molar-refractivity contribution in [2.45, 2.75) is 33.2 Å². The second-order valence-corrected chi connectivity index (χ2v) is 8.97. The first-order valence-corrected chi connectivity index (χ1v) is 10.9. The molecule has 146 valence electrons. The third kappa shape index (κ3) is 5.71. The Bertz CT molecular complexity index is 911. The summed E-state index contributed by atoms with van der Waals surface area (Å²) >= 11 is 5.86. The van der Waals surface area contributed by atoms with Crippen molar-refractivity contribution >= 4 is 33.2 Å². The van der Waals surface area contributed by atoms with E-state index in [2.05, 4.69) is 5.32 Å². The van der Waals surface area contributed by atoms with E-state index in [9.17, 15) is 13.2 Å². The number of hydrogen-bond donors (Lipinski definition) is 1. The summed E-state index contributed by atoms with van der Waals surface area (Å²) in [6, 6.07) is 11.9. The van der Waals surface area contributed by atoms with Crippen molar-refractivity contribution in [1.82, 2.24) is 5.32 Å². The first-order chi connectivity index (χ1) is 12.6. The van der Waals surface area contributed by atoms with Crippen LogP contribution in [0, 0.1) is 13.8 Å². The lowest BCUT2D eigenvalue weighted by Gasteiger charge is -2.28. The van der Waals surface area contributed by atoms with Crippen molar-refractivity contribution in [2.24, 2.45) is 0 Å². The number of aryl methyl sites for hydroxylation is 2. The fourth-order valence-electron chi connectivity index (χ4n) is 2.80. The van der Waals surface area contributed by atoms with E-state index in [1.54, 1.807) is 31.2 Å². The number of halogens is 1. The van der Waals surface area contributed by atoms with Crippen molar-refractivity contribution in [3.8, 4) is 0 Å². The maximum absolute atomic E-state index is 12.6. The Balaban J connectivity index is 2.10. The summed E-state index contributed by atoms with van der Waals surface area (Å²) in [4.78, 5) is 12.6. The summed E-state index contributed by atoms with van der Waals surface area (Å²) in [7, 11) is -3.62. The molecule has 0 bridgehead atoms. The second-order valence-electron chi connectivity index (χ2n) is 6.67. The van der Waals surface area contributed by atoms with Crippen molar-refractivity contribution in [3.05, 3.63) is 64.2 Å². The smallest absolute Gasteiger partial charge is 0.243 e. The molecule has 0 saturated carbocycles. The van der Waals surface area contributed by atoms with Gasteiger partial charge in [-0.25, -0.2) is 8.42 Å². The average Bonchev–Trinajstić information content (AvgIpc) is 2.58. The lowest BCUT2D eigenvalue weighted by molar-refractivity contribution is -0.121. The van der Waals surface area contributed by atoms with Crippen molar-refractivity contribution in [1.29, 1.82) is 0 Å². The number of amides is 1. The predicted molar refractivity (Wildman–Crippen MR) is 111 cm³/mol. The molecule has 0 radical (unpaired) electrons. The van der Waals surface area contributed by atoms with Gasteiger partial charge in [0.15, 0.2) is 0 Å². The molecular weight excluding hydrogens is 384 g/mol. The Labute approximate surface area is 166 Å². The summed E-state index contributed by atoms with van der Waals surface area (Å²) in [5.41, 5.74) is 3.56. The molecule has 0 aliphatic heterocycles. The highest BCUT2D eigenvalue weighted by Crippen LogP contribution is 2.23. The van der Waals surface area contributed by atoms with Gasteiger partial charge in [-0.2, -0.15) is 0 Å². The van der Waals surface area contributed by atoms with Crippen LogP contribution >= 0.6 is 11.6 Å². The highest BCUT2D eigenvalue weighted by Gasteiger charge is 2.29. The highest BCUT2D eigenvalue weighted by atomic mass is 35.5. The molecule has 0 spiro atoms. The molecule has 5 nitrogen and oxygen atoms in total. The zero-order valence-electron chi connectivity index (χ0n) is 16.0. The van der Waals surface area contributed by atoms with Crippen LogP contribution in [-0.4, -0.2) is 33.2 Å². The molecule has 1 atom stereocenters. The minimum absolute atomic E-state index is 0.340. The summed E-state index contributed by atoms with van der Waals surface area (Å²) in [5.74, 6) is -0.340. The Morgan fingerprint density at radius 1 is 1.11 bits per heavy atom. The van der Waals surface area contributed by atoms with E-state index in [0.29, 0.717) is 23.7 Å². The van der Waals surface area contributed by atoms with Gasteiger partial charge in [0, 0.05) is 11.6 Å². The fourth-order valence-corrected chi connectivity index (χ4v) is 4.09. The number of rotatable bonds is 7.